The second-order valence-electron chi connectivity index (χ2n) is 5.88. The summed E-state index contributed by atoms with van der Waals surface area (Å²) in [5, 5.41) is 3.36. The molecule has 1 aliphatic rings. The molecule has 0 aliphatic carbocycles. The second kappa shape index (κ2) is 8.54. The van der Waals surface area contributed by atoms with Gasteiger partial charge in [0.1, 0.15) is 0 Å². The molecule has 1 saturated heterocycles. The topological polar surface area (TPSA) is 35.6 Å². The van der Waals surface area contributed by atoms with Gasteiger partial charge in [0.2, 0.25) is 5.91 Å². The number of nitrogens with one attached hydrogen (secondary N) is 1. The number of piperidine rings is 1. The maximum absolute atomic E-state index is 12.1. The molecule has 0 saturated carbocycles. The average molecular weight is 269 g/mol. The fraction of sp³-hybridized carbons (Fsp3) is 0.933. The zero-order valence-corrected chi connectivity index (χ0v) is 13.1. The molecule has 0 aromatic heterocycles. The molecule has 0 bridgehead atoms. The van der Waals surface area contributed by atoms with Crippen LogP contribution in [0.1, 0.15) is 46.5 Å². The highest BCUT2D eigenvalue weighted by Crippen LogP contribution is 2.16. The summed E-state index contributed by atoms with van der Waals surface area (Å²) < 4.78 is 0. The summed E-state index contributed by atoms with van der Waals surface area (Å²) in [5.74, 6) is 0.306. The SMILES string of the molecule is CCN1CCC(N(C)C(=O)CCCNC(C)C)CC1. The summed E-state index contributed by atoms with van der Waals surface area (Å²) in [5.41, 5.74) is 0. The molecule has 1 heterocycles. The molecule has 1 fully saturated rings. The Hall–Kier alpha value is -0.610. The Balaban J connectivity index is 2.21. The van der Waals surface area contributed by atoms with Gasteiger partial charge in [0.15, 0.2) is 0 Å². The minimum absolute atomic E-state index is 0.306. The molecule has 4 heteroatoms. The lowest BCUT2D eigenvalue weighted by molar-refractivity contribution is -0.132. The van der Waals surface area contributed by atoms with E-state index >= 15 is 0 Å². The summed E-state index contributed by atoms with van der Waals surface area (Å²) in [7, 11) is 1.98. The van der Waals surface area contributed by atoms with Gasteiger partial charge in [-0.2, -0.15) is 0 Å². The molecule has 0 aromatic carbocycles. The van der Waals surface area contributed by atoms with Gasteiger partial charge in [0, 0.05) is 38.6 Å². The van der Waals surface area contributed by atoms with E-state index in [0.29, 0.717) is 24.4 Å². The molecule has 1 amide bonds. The fourth-order valence-electron chi connectivity index (χ4n) is 2.63. The van der Waals surface area contributed by atoms with Crippen molar-refractivity contribution < 1.29 is 4.79 Å². The van der Waals surface area contributed by atoms with Crippen LogP contribution in [0.25, 0.3) is 0 Å². The van der Waals surface area contributed by atoms with E-state index in [1.807, 2.05) is 11.9 Å². The molecule has 0 radical (unpaired) electrons. The highest BCUT2D eigenvalue weighted by molar-refractivity contribution is 5.76. The number of hydrogen-bond donors (Lipinski definition) is 1. The minimum atomic E-state index is 0.306. The third kappa shape index (κ3) is 5.91. The lowest BCUT2D eigenvalue weighted by Crippen LogP contribution is -2.45. The molecule has 4 nitrogen and oxygen atoms in total. The Morgan fingerprint density at radius 2 is 2.00 bits per heavy atom. The van der Waals surface area contributed by atoms with Crippen molar-refractivity contribution in [3.05, 3.63) is 0 Å². The van der Waals surface area contributed by atoms with Crippen LogP contribution in [0.15, 0.2) is 0 Å². The van der Waals surface area contributed by atoms with E-state index in [2.05, 4.69) is 31.0 Å². The van der Waals surface area contributed by atoms with Gasteiger partial charge in [-0.1, -0.05) is 20.8 Å². The fourth-order valence-corrected chi connectivity index (χ4v) is 2.63. The van der Waals surface area contributed by atoms with Gasteiger partial charge in [-0.15, -0.1) is 0 Å². The minimum Gasteiger partial charge on any atom is -0.343 e. The number of rotatable bonds is 7. The van der Waals surface area contributed by atoms with Crippen LogP contribution >= 0.6 is 0 Å². The van der Waals surface area contributed by atoms with Crippen LogP contribution in [0.4, 0.5) is 0 Å². The summed E-state index contributed by atoms with van der Waals surface area (Å²) in [6, 6.07) is 0.958. The highest BCUT2D eigenvalue weighted by Gasteiger charge is 2.24. The molecule has 1 N–H and O–H groups in total. The van der Waals surface area contributed by atoms with E-state index in [1.54, 1.807) is 0 Å². The van der Waals surface area contributed by atoms with Gasteiger partial charge < -0.3 is 15.1 Å². The molecule has 0 unspecified atom stereocenters. The first-order valence-corrected chi connectivity index (χ1v) is 7.76. The van der Waals surface area contributed by atoms with Gasteiger partial charge in [0.25, 0.3) is 0 Å². The van der Waals surface area contributed by atoms with Crippen LogP contribution in [-0.2, 0) is 4.79 Å². The largest absolute Gasteiger partial charge is 0.343 e. The Kier molecular flexibility index (Phi) is 7.39. The van der Waals surface area contributed by atoms with Gasteiger partial charge in [-0.05, 0) is 32.4 Å². The first-order valence-electron chi connectivity index (χ1n) is 7.76. The predicted molar refractivity (Wildman–Crippen MR) is 80.3 cm³/mol. The summed E-state index contributed by atoms with van der Waals surface area (Å²) in [6.45, 7) is 10.8. The van der Waals surface area contributed by atoms with Crippen LogP contribution in [0.2, 0.25) is 0 Å². The molecular weight excluding hydrogens is 238 g/mol. The Bertz CT molecular complexity index is 260. The quantitative estimate of drug-likeness (QED) is 0.715. The maximum Gasteiger partial charge on any atom is 0.222 e. The molecule has 112 valence electrons. The zero-order valence-electron chi connectivity index (χ0n) is 13.1. The van der Waals surface area contributed by atoms with E-state index in [0.717, 1.165) is 45.4 Å². The van der Waals surface area contributed by atoms with Gasteiger partial charge >= 0.3 is 0 Å². The van der Waals surface area contributed by atoms with Crippen molar-refractivity contribution in [3.63, 3.8) is 0 Å². The molecule has 1 rings (SSSR count). The Labute approximate surface area is 118 Å². The summed E-state index contributed by atoms with van der Waals surface area (Å²) in [6.07, 6.45) is 3.86. The molecule has 0 spiro atoms. The maximum atomic E-state index is 12.1. The van der Waals surface area contributed by atoms with E-state index in [1.165, 1.54) is 0 Å². The smallest absolute Gasteiger partial charge is 0.222 e. The second-order valence-corrected chi connectivity index (χ2v) is 5.88. The van der Waals surface area contributed by atoms with Gasteiger partial charge in [0.05, 0.1) is 0 Å². The van der Waals surface area contributed by atoms with Crippen molar-refractivity contribution in [2.24, 2.45) is 0 Å². The lowest BCUT2D eigenvalue weighted by atomic mass is 10.0. The van der Waals surface area contributed by atoms with Crippen LogP contribution in [0, 0.1) is 0 Å². The molecular formula is C15H31N3O. The molecule has 19 heavy (non-hydrogen) atoms. The van der Waals surface area contributed by atoms with Crippen LogP contribution in [-0.4, -0.2) is 61.0 Å². The predicted octanol–water partition coefficient (Wildman–Crippen LogP) is 1.71. The Morgan fingerprint density at radius 3 is 2.53 bits per heavy atom. The Morgan fingerprint density at radius 1 is 1.37 bits per heavy atom. The highest BCUT2D eigenvalue weighted by atomic mass is 16.2. The third-order valence-corrected chi connectivity index (χ3v) is 4.07. The van der Waals surface area contributed by atoms with Crippen molar-refractivity contribution in [2.75, 3.05) is 33.2 Å². The summed E-state index contributed by atoms with van der Waals surface area (Å²) >= 11 is 0. The van der Waals surface area contributed by atoms with Crippen molar-refractivity contribution in [2.45, 2.75) is 58.5 Å². The van der Waals surface area contributed by atoms with Crippen molar-refractivity contribution in [1.82, 2.24) is 15.1 Å². The summed E-state index contributed by atoms with van der Waals surface area (Å²) in [4.78, 5) is 16.6. The average Bonchev–Trinajstić information content (AvgIpc) is 2.42. The van der Waals surface area contributed by atoms with E-state index < -0.39 is 0 Å². The number of hydrogen-bond acceptors (Lipinski definition) is 3. The van der Waals surface area contributed by atoms with Gasteiger partial charge in [-0.3, -0.25) is 4.79 Å². The van der Waals surface area contributed by atoms with Gasteiger partial charge in [-0.25, -0.2) is 0 Å². The number of nitrogens with zero attached hydrogens (tertiary/aromatic N) is 2. The number of carbonyl (C=O) groups excluding carboxylic acids is 1. The number of likely N-dealkylation sites (tertiary alicyclic amines) is 1. The van der Waals surface area contributed by atoms with Crippen molar-refractivity contribution in [3.8, 4) is 0 Å². The van der Waals surface area contributed by atoms with Crippen molar-refractivity contribution >= 4 is 5.91 Å². The molecule has 0 atom stereocenters. The first-order chi connectivity index (χ1) is 9.04. The number of amides is 1. The van der Waals surface area contributed by atoms with Crippen molar-refractivity contribution in [1.29, 1.82) is 0 Å². The van der Waals surface area contributed by atoms with Crippen LogP contribution < -0.4 is 5.32 Å². The van der Waals surface area contributed by atoms with E-state index in [9.17, 15) is 4.79 Å². The van der Waals surface area contributed by atoms with Crippen LogP contribution in [0.5, 0.6) is 0 Å². The zero-order chi connectivity index (χ0) is 14.3. The normalized spacial score (nSPS) is 17.9. The standard InChI is InChI=1S/C15H31N3O/c1-5-18-11-8-14(9-12-18)17(4)15(19)7-6-10-16-13(2)3/h13-14,16H,5-12H2,1-4H3. The monoisotopic (exact) mass is 269 g/mol. The first kappa shape index (κ1) is 16.4. The molecule has 1 aliphatic heterocycles. The van der Waals surface area contributed by atoms with Crippen LogP contribution in [0.3, 0.4) is 0 Å². The van der Waals surface area contributed by atoms with E-state index in [4.69, 9.17) is 0 Å². The number of carbonyl (C=O) groups is 1. The van der Waals surface area contributed by atoms with E-state index in [-0.39, 0.29) is 0 Å². The lowest BCUT2D eigenvalue weighted by Gasteiger charge is -2.36. The molecule has 0 aromatic rings. The third-order valence-electron chi connectivity index (χ3n) is 4.07.